The number of benzene rings is 2. The van der Waals surface area contributed by atoms with E-state index < -0.39 is 11.6 Å². The van der Waals surface area contributed by atoms with Gasteiger partial charge in [-0.25, -0.2) is 8.78 Å². The van der Waals surface area contributed by atoms with E-state index in [1.54, 1.807) is 6.07 Å². The summed E-state index contributed by atoms with van der Waals surface area (Å²) in [6.07, 6.45) is 0. The van der Waals surface area contributed by atoms with Gasteiger partial charge in [0.1, 0.15) is 17.3 Å². The fraction of sp³-hybridized carbons (Fsp3) is 0. The van der Waals surface area contributed by atoms with Crippen LogP contribution in [0.1, 0.15) is 0 Å². The minimum atomic E-state index is -0.598. The van der Waals surface area contributed by atoms with Gasteiger partial charge in [0.05, 0.1) is 10.6 Å². The van der Waals surface area contributed by atoms with Crippen molar-refractivity contribution in [3.63, 3.8) is 0 Å². The highest BCUT2D eigenvalue weighted by Crippen LogP contribution is 2.30. The topological polar surface area (TPSA) is 31.0 Å². The van der Waals surface area contributed by atoms with Crippen LogP contribution in [0.2, 0.25) is 5.02 Å². The summed E-state index contributed by atoms with van der Waals surface area (Å²) >= 11 is 10.9. The molecule has 3 rings (SSSR count). The van der Waals surface area contributed by atoms with E-state index in [2.05, 4.69) is 5.10 Å². The molecule has 7 heteroatoms. The van der Waals surface area contributed by atoms with Crippen LogP contribution in [0.5, 0.6) is 0 Å². The Morgan fingerprint density at radius 3 is 2.48 bits per heavy atom. The normalized spacial score (nSPS) is 10.8. The highest BCUT2D eigenvalue weighted by Gasteiger charge is 2.18. The minimum Gasteiger partial charge on any atom is -0.409 e. The van der Waals surface area contributed by atoms with Crippen LogP contribution < -0.4 is 0 Å². The molecule has 0 saturated heterocycles. The maximum Gasteiger partial charge on any atom is 0.292 e. The average molecular weight is 325 g/mol. The standard InChI is InChI=1S/C14H7ClF2N2OS/c15-8-4-3-6-10(17)12(8)13-18-19(14(21)20-13)11-7-2-1-5-9(11)16/h1-7H. The van der Waals surface area contributed by atoms with Gasteiger partial charge in [-0.15, -0.1) is 5.10 Å². The predicted molar refractivity (Wildman–Crippen MR) is 77.0 cm³/mol. The van der Waals surface area contributed by atoms with Crippen molar-refractivity contribution in [1.82, 2.24) is 9.78 Å². The van der Waals surface area contributed by atoms with Crippen LogP contribution in [0, 0.1) is 16.5 Å². The van der Waals surface area contributed by atoms with Crippen molar-refractivity contribution in [3.05, 3.63) is 64.0 Å². The molecule has 0 N–H and O–H groups in total. The quantitative estimate of drug-likeness (QED) is 0.635. The van der Waals surface area contributed by atoms with Gasteiger partial charge in [0.25, 0.3) is 10.7 Å². The van der Waals surface area contributed by atoms with Crippen molar-refractivity contribution in [2.24, 2.45) is 0 Å². The highest BCUT2D eigenvalue weighted by molar-refractivity contribution is 7.71. The maximum absolute atomic E-state index is 13.9. The van der Waals surface area contributed by atoms with Gasteiger partial charge in [-0.05, 0) is 36.5 Å². The third-order valence-corrected chi connectivity index (χ3v) is 3.38. The van der Waals surface area contributed by atoms with Gasteiger partial charge in [-0.2, -0.15) is 4.68 Å². The Morgan fingerprint density at radius 2 is 1.76 bits per heavy atom. The monoisotopic (exact) mass is 324 g/mol. The summed E-state index contributed by atoms with van der Waals surface area (Å²) in [5.41, 5.74) is 0.102. The molecule has 2 aromatic carbocycles. The van der Waals surface area contributed by atoms with Gasteiger partial charge in [0, 0.05) is 0 Å². The van der Waals surface area contributed by atoms with Crippen LogP contribution >= 0.6 is 23.8 Å². The molecule has 0 saturated carbocycles. The summed E-state index contributed by atoms with van der Waals surface area (Å²) < 4.78 is 34.0. The molecule has 0 aliphatic carbocycles. The third-order valence-electron chi connectivity index (χ3n) is 2.81. The summed E-state index contributed by atoms with van der Waals surface area (Å²) in [6, 6.07) is 10.1. The smallest absolute Gasteiger partial charge is 0.292 e. The number of nitrogens with zero attached hydrogens (tertiary/aromatic N) is 2. The van der Waals surface area contributed by atoms with Crippen LogP contribution in [0.4, 0.5) is 8.78 Å². The lowest BCUT2D eigenvalue weighted by atomic mass is 10.2. The molecule has 0 spiro atoms. The Labute approximate surface area is 128 Å². The number of hydrogen-bond donors (Lipinski definition) is 0. The first-order valence-corrected chi connectivity index (χ1v) is 6.66. The molecule has 106 valence electrons. The fourth-order valence-corrected chi connectivity index (χ4v) is 2.32. The van der Waals surface area contributed by atoms with E-state index in [1.165, 1.54) is 36.4 Å². The summed E-state index contributed by atoms with van der Waals surface area (Å²) in [5, 5.41) is 4.15. The van der Waals surface area contributed by atoms with Crippen LogP contribution in [0.15, 0.2) is 46.9 Å². The highest BCUT2D eigenvalue weighted by atomic mass is 35.5. The Balaban J connectivity index is 2.20. The number of aromatic nitrogens is 2. The average Bonchev–Trinajstić information content (AvgIpc) is 2.81. The Bertz CT molecular complexity index is 855. The molecule has 0 fully saturated rings. The number of para-hydroxylation sites is 1. The van der Waals surface area contributed by atoms with Gasteiger partial charge in [0.15, 0.2) is 0 Å². The van der Waals surface area contributed by atoms with Crippen LogP contribution in [-0.4, -0.2) is 9.78 Å². The first kappa shape index (κ1) is 13.9. The number of halogens is 3. The molecule has 21 heavy (non-hydrogen) atoms. The first-order valence-electron chi connectivity index (χ1n) is 5.87. The molecule has 0 radical (unpaired) electrons. The molecule has 0 atom stereocenters. The van der Waals surface area contributed by atoms with E-state index >= 15 is 0 Å². The second kappa shape index (κ2) is 5.38. The zero-order valence-electron chi connectivity index (χ0n) is 10.4. The lowest BCUT2D eigenvalue weighted by molar-refractivity contribution is 0.533. The van der Waals surface area contributed by atoms with Crippen LogP contribution in [-0.2, 0) is 0 Å². The summed E-state index contributed by atoms with van der Waals surface area (Å²) in [4.78, 5) is -0.102. The maximum atomic E-state index is 13.9. The largest absolute Gasteiger partial charge is 0.409 e. The van der Waals surface area contributed by atoms with E-state index in [9.17, 15) is 8.78 Å². The van der Waals surface area contributed by atoms with E-state index in [0.29, 0.717) is 0 Å². The van der Waals surface area contributed by atoms with Crippen molar-refractivity contribution in [3.8, 4) is 17.1 Å². The molecular formula is C14H7ClF2N2OS. The van der Waals surface area contributed by atoms with Crippen LogP contribution in [0.25, 0.3) is 17.1 Å². The molecule has 0 aliphatic heterocycles. The van der Waals surface area contributed by atoms with E-state index in [0.717, 1.165) is 4.68 Å². The van der Waals surface area contributed by atoms with Gasteiger partial charge in [-0.3, -0.25) is 0 Å². The lowest BCUT2D eigenvalue weighted by Gasteiger charge is -2.01. The molecule has 3 nitrogen and oxygen atoms in total. The summed E-state index contributed by atoms with van der Waals surface area (Å²) in [5.74, 6) is -1.22. The number of rotatable bonds is 2. The van der Waals surface area contributed by atoms with Crippen molar-refractivity contribution in [2.75, 3.05) is 0 Å². The molecule has 1 aromatic heterocycles. The molecule has 0 amide bonds. The minimum absolute atomic E-state index is 0.0136. The van der Waals surface area contributed by atoms with Crippen molar-refractivity contribution in [1.29, 1.82) is 0 Å². The first-order chi connectivity index (χ1) is 10.1. The van der Waals surface area contributed by atoms with Gasteiger partial charge in [0.2, 0.25) is 0 Å². The SMILES string of the molecule is Fc1ccccc1-n1nc(-c2c(F)cccc2Cl)oc1=S. The lowest BCUT2D eigenvalue weighted by Crippen LogP contribution is -1.99. The van der Waals surface area contributed by atoms with Crippen molar-refractivity contribution >= 4 is 23.8 Å². The number of hydrogen-bond acceptors (Lipinski definition) is 3. The van der Waals surface area contributed by atoms with E-state index in [1.807, 2.05) is 0 Å². The molecule has 0 bridgehead atoms. The van der Waals surface area contributed by atoms with E-state index in [4.69, 9.17) is 28.2 Å². The third kappa shape index (κ3) is 2.48. The summed E-state index contributed by atoms with van der Waals surface area (Å²) in [6.45, 7) is 0. The predicted octanol–water partition coefficient (Wildman–Crippen LogP) is 4.79. The summed E-state index contributed by atoms with van der Waals surface area (Å²) in [7, 11) is 0. The molecule has 3 aromatic rings. The van der Waals surface area contributed by atoms with Gasteiger partial charge in [-0.1, -0.05) is 29.8 Å². The molecule has 0 unspecified atom stereocenters. The second-order valence-electron chi connectivity index (χ2n) is 4.13. The Kier molecular flexibility index (Phi) is 3.57. The molecular weight excluding hydrogens is 318 g/mol. The molecule has 1 heterocycles. The van der Waals surface area contributed by atoms with Gasteiger partial charge < -0.3 is 4.42 Å². The van der Waals surface area contributed by atoms with Crippen LogP contribution in [0.3, 0.4) is 0 Å². The zero-order chi connectivity index (χ0) is 15.0. The second-order valence-corrected chi connectivity index (χ2v) is 4.89. The Hall–Kier alpha value is -2.05. The zero-order valence-corrected chi connectivity index (χ0v) is 12.0. The van der Waals surface area contributed by atoms with Crippen molar-refractivity contribution < 1.29 is 13.2 Å². The molecule has 0 aliphatic rings. The van der Waals surface area contributed by atoms with Gasteiger partial charge >= 0.3 is 0 Å². The van der Waals surface area contributed by atoms with Crippen molar-refractivity contribution in [2.45, 2.75) is 0 Å². The van der Waals surface area contributed by atoms with E-state index in [-0.39, 0.29) is 27.0 Å². The Morgan fingerprint density at radius 1 is 1.05 bits per heavy atom. The fourth-order valence-electron chi connectivity index (χ4n) is 1.86.